The zero-order chi connectivity index (χ0) is 13.2. The van der Waals surface area contributed by atoms with E-state index in [1.807, 2.05) is 12.1 Å². The molecule has 0 saturated heterocycles. The summed E-state index contributed by atoms with van der Waals surface area (Å²) in [5, 5.41) is 2.94. The number of rotatable bonds is 5. The first-order chi connectivity index (χ1) is 8.56. The quantitative estimate of drug-likeness (QED) is 0.794. The molecule has 1 aromatic rings. The van der Waals surface area contributed by atoms with Crippen molar-refractivity contribution in [2.75, 3.05) is 6.54 Å². The number of hydrogen-bond acceptors (Lipinski definition) is 2. The second-order valence-corrected chi connectivity index (χ2v) is 5.32. The van der Waals surface area contributed by atoms with Crippen LogP contribution in [0.25, 0.3) is 0 Å². The van der Waals surface area contributed by atoms with Gasteiger partial charge in [-0.2, -0.15) is 0 Å². The largest absolute Gasteiger partial charge is 0.392 e. The Morgan fingerprint density at radius 3 is 2.67 bits per heavy atom. The van der Waals surface area contributed by atoms with Crippen LogP contribution in [0.1, 0.15) is 24.0 Å². The van der Waals surface area contributed by atoms with E-state index < -0.39 is 5.41 Å². The number of hydrogen-bond donors (Lipinski definition) is 2. The molecule has 0 radical (unpaired) electrons. The van der Waals surface area contributed by atoms with E-state index in [1.165, 1.54) is 11.1 Å². The van der Waals surface area contributed by atoms with Crippen LogP contribution in [0.15, 0.2) is 24.3 Å². The molecule has 1 aromatic carbocycles. The van der Waals surface area contributed by atoms with Gasteiger partial charge in [-0.3, -0.25) is 4.79 Å². The van der Waals surface area contributed by atoms with Crippen molar-refractivity contribution in [2.45, 2.75) is 26.2 Å². The van der Waals surface area contributed by atoms with Crippen molar-refractivity contribution in [1.82, 2.24) is 5.32 Å². The molecule has 0 heterocycles. The van der Waals surface area contributed by atoms with Crippen molar-refractivity contribution in [3.63, 3.8) is 0 Å². The summed E-state index contributed by atoms with van der Waals surface area (Å²) in [5.41, 5.74) is 7.58. The Bertz CT molecular complexity index is 480. The standard InChI is InChI=1S/C14H18N2OS/c1-10-4-2-3-5-11(10)6-9-16-13(17)14(7-8-14)12(15)18/h2-5H,6-9H2,1H3,(H2,15,18)(H,16,17). The number of carbonyl (C=O) groups is 1. The predicted octanol–water partition coefficient (Wildman–Crippen LogP) is 1.72. The molecule has 1 aliphatic carbocycles. The van der Waals surface area contributed by atoms with Crippen LogP contribution in [0.3, 0.4) is 0 Å². The summed E-state index contributed by atoms with van der Waals surface area (Å²) >= 11 is 4.95. The molecule has 1 saturated carbocycles. The topological polar surface area (TPSA) is 55.1 Å². The van der Waals surface area contributed by atoms with Gasteiger partial charge in [0.25, 0.3) is 0 Å². The maximum atomic E-state index is 12.0. The second-order valence-electron chi connectivity index (χ2n) is 4.88. The Labute approximate surface area is 113 Å². The fourth-order valence-corrected chi connectivity index (χ4v) is 2.38. The third-order valence-corrected chi connectivity index (χ3v) is 3.99. The van der Waals surface area contributed by atoms with E-state index in [9.17, 15) is 4.79 Å². The third-order valence-electron chi connectivity index (χ3n) is 3.60. The molecule has 0 spiro atoms. The van der Waals surface area contributed by atoms with Crippen molar-refractivity contribution in [1.29, 1.82) is 0 Å². The van der Waals surface area contributed by atoms with E-state index in [1.54, 1.807) is 0 Å². The summed E-state index contributed by atoms with van der Waals surface area (Å²) in [6.07, 6.45) is 2.42. The molecule has 3 N–H and O–H groups in total. The minimum absolute atomic E-state index is 0.0106. The van der Waals surface area contributed by atoms with Gasteiger partial charge in [0.2, 0.25) is 5.91 Å². The maximum absolute atomic E-state index is 12.0. The SMILES string of the molecule is Cc1ccccc1CCNC(=O)C1(C(N)=S)CC1. The van der Waals surface area contributed by atoms with Gasteiger partial charge in [-0.25, -0.2) is 0 Å². The van der Waals surface area contributed by atoms with Crippen LogP contribution in [-0.2, 0) is 11.2 Å². The minimum Gasteiger partial charge on any atom is -0.392 e. The first-order valence-corrected chi connectivity index (χ1v) is 6.60. The molecule has 2 rings (SSSR count). The molecule has 0 atom stereocenters. The zero-order valence-corrected chi connectivity index (χ0v) is 11.3. The molecular formula is C14H18N2OS. The molecule has 1 amide bonds. The summed E-state index contributed by atoms with van der Waals surface area (Å²) in [4.78, 5) is 12.3. The van der Waals surface area contributed by atoms with Crippen molar-refractivity contribution >= 4 is 23.1 Å². The van der Waals surface area contributed by atoms with Gasteiger partial charge >= 0.3 is 0 Å². The first kappa shape index (κ1) is 13.0. The highest BCUT2D eigenvalue weighted by molar-refractivity contribution is 7.80. The lowest BCUT2D eigenvalue weighted by Crippen LogP contribution is -2.40. The van der Waals surface area contributed by atoms with Gasteiger partial charge < -0.3 is 11.1 Å². The van der Waals surface area contributed by atoms with E-state index in [-0.39, 0.29) is 5.91 Å². The Hall–Kier alpha value is -1.42. The fourth-order valence-electron chi connectivity index (χ4n) is 2.08. The summed E-state index contributed by atoms with van der Waals surface area (Å²) in [7, 11) is 0. The molecule has 18 heavy (non-hydrogen) atoms. The van der Waals surface area contributed by atoms with Gasteiger partial charge in [0.1, 0.15) is 0 Å². The Morgan fingerprint density at radius 2 is 2.11 bits per heavy atom. The van der Waals surface area contributed by atoms with Gasteiger partial charge in [-0.05, 0) is 37.3 Å². The van der Waals surface area contributed by atoms with Crippen LogP contribution in [0.5, 0.6) is 0 Å². The zero-order valence-electron chi connectivity index (χ0n) is 10.5. The molecule has 3 nitrogen and oxygen atoms in total. The smallest absolute Gasteiger partial charge is 0.233 e. The average Bonchev–Trinajstić information content (AvgIpc) is 3.12. The van der Waals surface area contributed by atoms with Gasteiger partial charge in [-0.15, -0.1) is 0 Å². The normalized spacial score (nSPS) is 16.1. The lowest BCUT2D eigenvalue weighted by atomic mass is 10.0. The number of thiocarbonyl (C=S) groups is 1. The molecule has 0 unspecified atom stereocenters. The van der Waals surface area contributed by atoms with E-state index in [0.717, 1.165) is 19.3 Å². The number of nitrogens with two attached hydrogens (primary N) is 1. The number of benzene rings is 1. The van der Waals surface area contributed by atoms with Crippen molar-refractivity contribution < 1.29 is 4.79 Å². The average molecular weight is 262 g/mol. The van der Waals surface area contributed by atoms with Crippen LogP contribution in [-0.4, -0.2) is 17.4 Å². The van der Waals surface area contributed by atoms with E-state index in [2.05, 4.69) is 24.4 Å². The number of nitrogens with one attached hydrogen (secondary N) is 1. The predicted molar refractivity (Wildman–Crippen MR) is 76.3 cm³/mol. The summed E-state index contributed by atoms with van der Waals surface area (Å²) in [6.45, 7) is 2.71. The number of amides is 1. The summed E-state index contributed by atoms with van der Waals surface area (Å²) < 4.78 is 0. The monoisotopic (exact) mass is 262 g/mol. The molecule has 4 heteroatoms. The molecule has 96 valence electrons. The van der Waals surface area contributed by atoms with E-state index in [0.29, 0.717) is 11.5 Å². The van der Waals surface area contributed by atoms with Crippen LogP contribution < -0.4 is 11.1 Å². The highest BCUT2D eigenvalue weighted by Gasteiger charge is 2.52. The van der Waals surface area contributed by atoms with Gasteiger partial charge in [0.05, 0.1) is 10.4 Å². The summed E-state index contributed by atoms with van der Waals surface area (Å²) in [5.74, 6) is -0.0106. The fraction of sp³-hybridized carbons (Fsp3) is 0.429. The third kappa shape index (κ3) is 2.53. The van der Waals surface area contributed by atoms with E-state index in [4.69, 9.17) is 18.0 Å². The van der Waals surface area contributed by atoms with Crippen LogP contribution >= 0.6 is 12.2 Å². The lowest BCUT2D eigenvalue weighted by Gasteiger charge is -2.14. The highest BCUT2D eigenvalue weighted by atomic mass is 32.1. The van der Waals surface area contributed by atoms with Gasteiger partial charge in [0, 0.05) is 6.54 Å². The van der Waals surface area contributed by atoms with Crippen molar-refractivity contribution in [3.05, 3.63) is 35.4 Å². The Balaban J connectivity index is 1.85. The number of carbonyl (C=O) groups excluding carboxylic acids is 1. The van der Waals surface area contributed by atoms with Crippen LogP contribution in [0.2, 0.25) is 0 Å². The Morgan fingerprint density at radius 1 is 1.44 bits per heavy atom. The molecule has 0 bridgehead atoms. The molecule has 0 aliphatic heterocycles. The van der Waals surface area contributed by atoms with Gasteiger partial charge in [-0.1, -0.05) is 36.5 Å². The second kappa shape index (κ2) is 5.06. The molecule has 0 aromatic heterocycles. The molecular weight excluding hydrogens is 244 g/mol. The number of aryl methyl sites for hydroxylation is 1. The lowest BCUT2D eigenvalue weighted by molar-refractivity contribution is -0.123. The first-order valence-electron chi connectivity index (χ1n) is 6.19. The van der Waals surface area contributed by atoms with Crippen LogP contribution in [0, 0.1) is 12.3 Å². The Kier molecular flexibility index (Phi) is 3.66. The van der Waals surface area contributed by atoms with Gasteiger partial charge in [0.15, 0.2) is 0 Å². The molecule has 1 aliphatic rings. The summed E-state index contributed by atoms with van der Waals surface area (Å²) in [6, 6.07) is 8.20. The maximum Gasteiger partial charge on any atom is 0.233 e. The highest BCUT2D eigenvalue weighted by Crippen LogP contribution is 2.46. The molecule has 1 fully saturated rings. The van der Waals surface area contributed by atoms with Crippen LogP contribution in [0.4, 0.5) is 0 Å². The van der Waals surface area contributed by atoms with Crippen molar-refractivity contribution in [2.24, 2.45) is 11.1 Å². The minimum atomic E-state index is -0.541. The van der Waals surface area contributed by atoms with Crippen molar-refractivity contribution in [3.8, 4) is 0 Å². The van der Waals surface area contributed by atoms with E-state index >= 15 is 0 Å².